The van der Waals surface area contributed by atoms with Crippen LogP contribution in [0.25, 0.3) is 0 Å². The molecule has 0 radical (unpaired) electrons. The van der Waals surface area contributed by atoms with Crippen LogP contribution in [0, 0.1) is 13.8 Å². The second-order valence-electron chi connectivity index (χ2n) is 8.90. The molecule has 0 aliphatic carbocycles. The molecule has 3 aromatic rings. The highest BCUT2D eigenvalue weighted by molar-refractivity contribution is 7.98. The Kier molecular flexibility index (Phi) is 9.05. The minimum Gasteiger partial charge on any atom is -0.311 e. The minimum atomic E-state index is -5.84. The number of carbonyl (C=O) groups excluding carboxylic acids is 2. The van der Waals surface area contributed by atoms with Crippen LogP contribution in [-0.4, -0.2) is 43.6 Å². The first kappa shape index (κ1) is 30.1. The molecular weight excluding hydrogens is 542 g/mol. The van der Waals surface area contributed by atoms with Gasteiger partial charge in [-0.25, -0.2) is 13.2 Å². The maximum Gasteiger partial charge on any atom is 0.432 e. The molecule has 4 nitrogen and oxygen atoms in total. The Morgan fingerprint density at radius 1 is 0.846 bits per heavy atom. The number of benzene rings is 3. The van der Waals surface area contributed by atoms with Gasteiger partial charge in [0.25, 0.3) is 23.9 Å². The Bertz CT molecular complexity index is 1330. The van der Waals surface area contributed by atoms with Crippen LogP contribution in [-0.2, 0) is 5.67 Å². The van der Waals surface area contributed by atoms with Crippen LogP contribution in [0.15, 0.2) is 66.7 Å². The topological polar surface area (TPSA) is 40.6 Å². The number of thioether (sulfide) groups is 1. The van der Waals surface area contributed by atoms with Crippen molar-refractivity contribution in [3.05, 3.63) is 94.5 Å². The van der Waals surface area contributed by atoms with Crippen molar-refractivity contribution in [1.29, 1.82) is 0 Å². The van der Waals surface area contributed by atoms with Crippen molar-refractivity contribution < 1.29 is 35.9 Å². The monoisotopic (exact) mass is 568 g/mol. The fourth-order valence-electron chi connectivity index (χ4n) is 4.33. The lowest BCUT2D eigenvalue weighted by molar-refractivity contribution is -0.274. The second kappa shape index (κ2) is 11.7. The van der Waals surface area contributed by atoms with Gasteiger partial charge in [0.05, 0.1) is 5.88 Å². The van der Waals surface area contributed by atoms with E-state index < -0.39 is 29.7 Å². The molecule has 11 heteroatoms. The fraction of sp³-hybridized carbons (Fsp3) is 0.286. The van der Waals surface area contributed by atoms with Crippen molar-refractivity contribution in [1.82, 2.24) is 0 Å². The van der Waals surface area contributed by atoms with Crippen molar-refractivity contribution in [3.63, 3.8) is 0 Å². The smallest absolute Gasteiger partial charge is 0.311 e. The summed E-state index contributed by atoms with van der Waals surface area (Å²) in [6.07, 6.45) is -8.36. The zero-order chi connectivity index (χ0) is 29.1. The summed E-state index contributed by atoms with van der Waals surface area (Å²) in [5.41, 5.74) is -4.85. The molecule has 0 bridgehead atoms. The van der Waals surface area contributed by atoms with Crippen LogP contribution >= 0.6 is 11.8 Å². The van der Waals surface area contributed by atoms with Crippen LogP contribution in [0.3, 0.4) is 0 Å². The van der Waals surface area contributed by atoms with Crippen LogP contribution in [0.5, 0.6) is 0 Å². The Morgan fingerprint density at radius 2 is 1.41 bits per heavy atom. The number of alkyl halides is 6. The van der Waals surface area contributed by atoms with Gasteiger partial charge in [0.1, 0.15) is 0 Å². The molecule has 1 atom stereocenters. The average Bonchev–Trinajstić information content (AvgIpc) is 2.89. The van der Waals surface area contributed by atoms with E-state index >= 15 is 0 Å². The van der Waals surface area contributed by atoms with Gasteiger partial charge in [0.2, 0.25) is 0 Å². The standard InChI is InChI=1S/C28H26F6N2O2S/c1-17-13-21(27(31,26(29)30)28(32,33)34)14-18(2)23(17)35(3)24(37)20-11-8-12-22(15-20)36(16-39-4)25(38)19-9-6-5-7-10-19/h5-15,26H,16H2,1-4H3. The van der Waals surface area contributed by atoms with E-state index in [4.69, 9.17) is 0 Å². The van der Waals surface area contributed by atoms with E-state index in [9.17, 15) is 35.9 Å². The molecule has 0 fully saturated rings. The Hall–Kier alpha value is -3.47. The Morgan fingerprint density at radius 3 is 1.92 bits per heavy atom. The molecule has 3 rings (SSSR count). The van der Waals surface area contributed by atoms with Crippen molar-refractivity contribution in [2.75, 3.05) is 29.0 Å². The van der Waals surface area contributed by atoms with Gasteiger partial charge < -0.3 is 4.90 Å². The summed E-state index contributed by atoms with van der Waals surface area (Å²) in [5.74, 6) is -0.540. The normalized spacial score (nSPS) is 13.2. The first-order valence-corrected chi connectivity index (χ1v) is 13.0. The van der Waals surface area contributed by atoms with Gasteiger partial charge in [-0.1, -0.05) is 36.4 Å². The number of aryl methyl sites for hydroxylation is 2. The van der Waals surface area contributed by atoms with Gasteiger partial charge in [0, 0.05) is 35.1 Å². The summed E-state index contributed by atoms with van der Waals surface area (Å²) in [5, 5.41) is 0. The summed E-state index contributed by atoms with van der Waals surface area (Å²) < 4.78 is 81.1. The van der Waals surface area contributed by atoms with E-state index in [1.54, 1.807) is 42.5 Å². The first-order chi connectivity index (χ1) is 18.2. The van der Waals surface area contributed by atoms with Gasteiger partial charge in [-0.05, 0) is 61.6 Å². The molecular formula is C28H26F6N2O2S. The Balaban J connectivity index is 1.98. The highest BCUT2D eigenvalue weighted by Crippen LogP contribution is 2.48. The third-order valence-corrected chi connectivity index (χ3v) is 6.71. The predicted molar refractivity (Wildman–Crippen MR) is 142 cm³/mol. The number of anilines is 2. The molecule has 0 N–H and O–H groups in total. The predicted octanol–water partition coefficient (Wildman–Crippen LogP) is 7.54. The summed E-state index contributed by atoms with van der Waals surface area (Å²) in [6.45, 7) is 2.63. The highest BCUT2D eigenvalue weighted by Gasteiger charge is 2.64. The maximum absolute atomic E-state index is 14.7. The highest BCUT2D eigenvalue weighted by atomic mass is 32.2. The van der Waals surface area contributed by atoms with Gasteiger partial charge >= 0.3 is 6.18 Å². The molecule has 0 aliphatic heterocycles. The third-order valence-electron chi connectivity index (χ3n) is 6.19. The minimum absolute atomic E-state index is 0.00666. The summed E-state index contributed by atoms with van der Waals surface area (Å²) in [4.78, 5) is 29.2. The van der Waals surface area contributed by atoms with Crippen LogP contribution in [0.1, 0.15) is 37.4 Å². The molecule has 2 amide bonds. The van der Waals surface area contributed by atoms with Gasteiger partial charge in [-0.15, -0.1) is 11.8 Å². The molecule has 3 aromatic carbocycles. The maximum atomic E-state index is 14.7. The van der Waals surface area contributed by atoms with Gasteiger partial charge in [-0.3, -0.25) is 14.5 Å². The van der Waals surface area contributed by atoms with Gasteiger partial charge in [-0.2, -0.15) is 13.2 Å². The molecule has 0 heterocycles. The number of hydrogen-bond acceptors (Lipinski definition) is 3. The number of hydrogen-bond donors (Lipinski definition) is 0. The van der Waals surface area contributed by atoms with Crippen LogP contribution < -0.4 is 9.80 Å². The second-order valence-corrected chi connectivity index (χ2v) is 9.74. The van der Waals surface area contributed by atoms with E-state index in [-0.39, 0.29) is 28.3 Å². The lowest BCUT2D eigenvalue weighted by Crippen LogP contribution is -2.44. The van der Waals surface area contributed by atoms with E-state index in [1.807, 2.05) is 6.26 Å². The first-order valence-electron chi connectivity index (χ1n) is 11.6. The van der Waals surface area contributed by atoms with E-state index in [0.717, 1.165) is 4.90 Å². The van der Waals surface area contributed by atoms with E-state index in [1.165, 1.54) is 49.7 Å². The zero-order valence-corrected chi connectivity index (χ0v) is 22.3. The SMILES string of the molecule is CSCN(C(=O)c1ccccc1)c1cccc(C(=O)N(C)c2c(C)cc(C(F)(C(F)F)C(F)(F)F)cc2C)c1. The van der Waals surface area contributed by atoms with Crippen molar-refractivity contribution in [3.8, 4) is 0 Å². The number of nitrogens with zero attached hydrogens (tertiary/aromatic N) is 2. The molecule has 0 aliphatic rings. The van der Waals surface area contributed by atoms with Crippen LogP contribution in [0.2, 0.25) is 0 Å². The molecule has 0 aromatic heterocycles. The van der Waals surface area contributed by atoms with Crippen molar-refractivity contribution >= 4 is 35.0 Å². The van der Waals surface area contributed by atoms with Crippen LogP contribution in [0.4, 0.5) is 37.7 Å². The summed E-state index contributed by atoms with van der Waals surface area (Å²) in [6, 6.07) is 16.2. The number of halogens is 6. The molecule has 39 heavy (non-hydrogen) atoms. The quantitative estimate of drug-likeness (QED) is 0.208. The zero-order valence-electron chi connectivity index (χ0n) is 21.5. The van der Waals surface area contributed by atoms with Crippen molar-refractivity contribution in [2.24, 2.45) is 0 Å². The lowest BCUT2D eigenvalue weighted by Gasteiger charge is -2.30. The molecule has 1 unspecified atom stereocenters. The molecule has 0 saturated heterocycles. The lowest BCUT2D eigenvalue weighted by atomic mass is 9.91. The number of amides is 2. The molecule has 208 valence electrons. The average molecular weight is 569 g/mol. The fourth-order valence-corrected chi connectivity index (χ4v) is 4.85. The Labute approximate surface area is 226 Å². The number of carbonyl (C=O) groups is 2. The summed E-state index contributed by atoms with van der Waals surface area (Å²) >= 11 is 1.40. The third kappa shape index (κ3) is 5.93. The summed E-state index contributed by atoms with van der Waals surface area (Å²) in [7, 11) is 1.37. The van der Waals surface area contributed by atoms with Gasteiger partial charge in [0.15, 0.2) is 0 Å². The largest absolute Gasteiger partial charge is 0.432 e. The molecule has 0 spiro atoms. The van der Waals surface area contributed by atoms with E-state index in [2.05, 4.69) is 0 Å². The molecule has 0 saturated carbocycles. The van der Waals surface area contributed by atoms with Crippen molar-refractivity contribution in [2.45, 2.75) is 32.1 Å². The number of rotatable bonds is 8. The van der Waals surface area contributed by atoms with E-state index in [0.29, 0.717) is 29.3 Å².